The number of nitrogens with one attached hydrogen (secondary N) is 1. The second-order valence-corrected chi connectivity index (χ2v) is 8.25. The molecule has 0 spiro atoms. The molecule has 4 rings (SSSR count). The van der Waals surface area contributed by atoms with E-state index < -0.39 is 42.8 Å². The molecule has 1 aliphatic rings. The topological polar surface area (TPSA) is 120 Å². The standard InChI is InChI=1S/C28H26N2O8/c31-23-16-17-24(32)30(23)38-27(33)26(37-19-36-22-14-8-3-9-15-22)25(21-12-6-2-7-13-21)29-28(34)35-18-20-10-4-1-5-11-20/h1-15,25-26H,16-19H2,(H,29,34)/t25?,26-/m1/s1. The van der Waals surface area contributed by atoms with E-state index in [1.54, 1.807) is 66.7 Å². The SMILES string of the molecule is O=C(NC(c1ccccc1)[C@@H](OCOc1ccccc1)C(=O)ON1C(=O)CCC1=O)OCc1ccccc1. The van der Waals surface area contributed by atoms with E-state index in [0.29, 0.717) is 16.4 Å². The van der Waals surface area contributed by atoms with E-state index in [1.807, 2.05) is 24.3 Å². The average Bonchev–Trinajstić information content (AvgIpc) is 3.27. The van der Waals surface area contributed by atoms with Gasteiger partial charge in [-0.1, -0.05) is 78.9 Å². The van der Waals surface area contributed by atoms with E-state index in [9.17, 15) is 19.2 Å². The lowest BCUT2D eigenvalue weighted by molar-refractivity contribution is -0.209. The Morgan fingerprint density at radius 2 is 1.39 bits per heavy atom. The molecule has 0 saturated carbocycles. The number of para-hydroxylation sites is 1. The minimum atomic E-state index is -1.51. The predicted octanol–water partition coefficient (Wildman–Crippen LogP) is 3.68. The van der Waals surface area contributed by atoms with E-state index in [1.165, 1.54) is 0 Å². The highest BCUT2D eigenvalue weighted by Gasteiger charge is 2.39. The number of amides is 3. The molecular weight excluding hydrogens is 492 g/mol. The molecule has 2 atom stereocenters. The second kappa shape index (κ2) is 13.0. The summed E-state index contributed by atoms with van der Waals surface area (Å²) in [6, 6.07) is 25.3. The van der Waals surface area contributed by atoms with Crippen molar-refractivity contribution in [3.63, 3.8) is 0 Å². The Balaban J connectivity index is 1.54. The van der Waals surface area contributed by atoms with Gasteiger partial charge in [0.2, 0.25) is 0 Å². The van der Waals surface area contributed by atoms with Crippen LogP contribution in [0, 0.1) is 0 Å². The van der Waals surface area contributed by atoms with Gasteiger partial charge >= 0.3 is 12.1 Å². The molecule has 1 unspecified atom stereocenters. The summed E-state index contributed by atoms with van der Waals surface area (Å²) in [5.74, 6) is -1.87. The summed E-state index contributed by atoms with van der Waals surface area (Å²) >= 11 is 0. The molecule has 0 aliphatic carbocycles. The minimum Gasteiger partial charge on any atom is -0.468 e. The van der Waals surface area contributed by atoms with Crippen LogP contribution in [0.1, 0.15) is 30.0 Å². The zero-order chi connectivity index (χ0) is 26.7. The molecule has 0 bridgehead atoms. The number of hydrogen-bond acceptors (Lipinski definition) is 8. The van der Waals surface area contributed by atoms with Crippen LogP contribution in [0.3, 0.4) is 0 Å². The maximum Gasteiger partial charge on any atom is 0.408 e. The summed E-state index contributed by atoms with van der Waals surface area (Å²) in [5.41, 5.74) is 1.26. The molecule has 1 heterocycles. The molecule has 0 aromatic heterocycles. The molecule has 38 heavy (non-hydrogen) atoms. The highest BCUT2D eigenvalue weighted by molar-refractivity contribution is 6.01. The molecule has 196 valence electrons. The van der Waals surface area contributed by atoms with Gasteiger partial charge in [0.05, 0.1) is 6.04 Å². The summed E-state index contributed by atoms with van der Waals surface area (Å²) in [6.07, 6.45) is -2.46. The Labute approximate surface area is 219 Å². The molecule has 10 nitrogen and oxygen atoms in total. The first-order chi connectivity index (χ1) is 18.5. The first-order valence-electron chi connectivity index (χ1n) is 11.9. The molecular formula is C28H26N2O8. The highest BCUT2D eigenvalue weighted by Crippen LogP contribution is 2.23. The van der Waals surface area contributed by atoms with Crippen molar-refractivity contribution < 1.29 is 38.2 Å². The number of benzene rings is 3. The minimum absolute atomic E-state index is 0.00193. The number of rotatable bonds is 11. The number of ether oxygens (including phenoxy) is 3. The van der Waals surface area contributed by atoms with Gasteiger partial charge in [0.25, 0.3) is 11.8 Å². The predicted molar refractivity (Wildman–Crippen MR) is 133 cm³/mol. The van der Waals surface area contributed by atoms with Gasteiger partial charge in [-0.25, -0.2) is 9.59 Å². The normalized spacial score (nSPS) is 14.5. The van der Waals surface area contributed by atoms with Crippen LogP contribution in [-0.4, -0.2) is 41.8 Å². The van der Waals surface area contributed by atoms with Gasteiger partial charge in [0, 0.05) is 12.8 Å². The van der Waals surface area contributed by atoms with Crippen LogP contribution in [0.25, 0.3) is 0 Å². The average molecular weight is 519 g/mol. The summed E-state index contributed by atoms with van der Waals surface area (Å²) in [6.45, 7) is -0.395. The van der Waals surface area contributed by atoms with Crippen molar-refractivity contribution in [3.8, 4) is 5.75 Å². The van der Waals surface area contributed by atoms with Crippen molar-refractivity contribution in [2.45, 2.75) is 31.6 Å². The van der Waals surface area contributed by atoms with Crippen molar-refractivity contribution in [1.82, 2.24) is 10.4 Å². The molecule has 1 N–H and O–H groups in total. The number of carbonyl (C=O) groups is 4. The summed E-state index contributed by atoms with van der Waals surface area (Å²) in [7, 11) is 0. The fraction of sp³-hybridized carbons (Fsp3) is 0.214. The van der Waals surface area contributed by atoms with Gasteiger partial charge < -0.3 is 24.4 Å². The first-order valence-corrected chi connectivity index (χ1v) is 11.9. The van der Waals surface area contributed by atoms with Crippen LogP contribution in [-0.2, 0) is 35.3 Å². The first kappa shape index (κ1) is 26.4. The number of hydrogen-bond donors (Lipinski definition) is 1. The molecule has 1 saturated heterocycles. The van der Waals surface area contributed by atoms with Crippen molar-refractivity contribution in [2.75, 3.05) is 6.79 Å². The third-order valence-electron chi connectivity index (χ3n) is 5.58. The van der Waals surface area contributed by atoms with E-state index in [-0.39, 0.29) is 19.4 Å². The third kappa shape index (κ3) is 7.17. The van der Waals surface area contributed by atoms with Gasteiger partial charge in [-0.15, -0.1) is 5.06 Å². The van der Waals surface area contributed by atoms with Crippen LogP contribution < -0.4 is 10.1 Å². The van der Waals surface area contributed by atoms with E-state index in [2.05, 4.69) is 5.32 Å². The number of carbonyl (C=O) groups excluding carboxylic acids is 4. The van der Waals surface area contributed by atoms with Crippen molar-refractivity contribution in [1.29, 1.82) is 0 Å². The fourth-order valence-electron chi connectivity index (χ4n) is 3.68. The van der Waals surface area contributed by atoms with Crippen molar-refractivity contribution >= 4 is 23.9 Å². The zero-order valence-corrected chi connectivity index (χ0v) is 20.4. The van der Waals surface area contributed by atoms with Gasteiger partial charge in [-0.05, 0) is 23.3 Å². The van der Waals surface area contributed by atoms with Crippen LogP contribution in [0.15, 0.2) is 91.0 Å². The largest absolute Gasteiger partial charge is 0.468 e. The van der Waals surface area contributed by atoms with Gasteiger partial charge in [0.15, 0.2) is 12.9 Å². The van der Waals surface area contributed by atoms with Crippen molar-refractivity contribution in [3.05, 3.63) is 102 Å². The Bertz CT molecular complexity index is 1220. The van der Waals surface area contributed by atoms with Crippen LogP contribution in [0.2, 0.25) is 0 Å². The molecule has 3 aromatic rings. The van der Waals surface area contributed by atoms with Gasteiger partial charge in [0.1, 0.15) is 12.4 Å². The lowest BCUT2D eigenvalue weighted by Crippen LogP contribution is -2.46. The lowest BCUT2D eigenvalue weighted by atomic mass is 10.0. The molecule has 0 radical (unpaired) electrons. The smallest absolute Gasteiger partial charge is 0.408 e. The highest BCUT2D eigenvalue weighted by atomic mass is 16.7. The summed E-state index contributed by atoms with van der Waals surface area (Å²) in [5, 5.41) is 3.07. The Morgan fingerprint density at radius 1 is 0.816 bits per heavy atom. The Morgan fingerprint density at radius 3 is 2.03 bits per heavy atom. The molecule has 3 amide bonds. The number of imide groups is 1. The zero-order valence-electron chi connectivity index (χ0n) is 20.4. The lowest BCUT2D eigenvalue weighted by Gasteiger charge is -2.27. The molecule has 3 aromatic carbocycles. The Hall–Kier alpha value is -4.70. The number of hydroxylamine groups is 2. The number of alkyl carbamates (subject to hydrolysis) is 1. The van der Waals surface area contributed by atoms with Crippen LogP contribution >= 0.6 is 0 Å². The van der Waals surface area contributed by atoms with E-state index in [0.717, 1.165) is 5.56 Å². The van der Waals surface area contributed by atoms with Crippen LogP contribution in [0.5, 0.6) is 5.75 Å². The Kier molecular flexibility index (Phi) is 9.03. The summed E-state index contributed by atoms with van der Waals surface area (Å²) < 4.78 is 16.7. The number of nitrogens with zero attached hydrogens (tertiary/aromatic N) is 1. The molecule has 10 heteroatoms. The quantitative estimate of drug-likeness (QED) is 0.302. The van der Waals surface area contributed by atoms with Gasteiger partial charge in [-0.2, -0.15) is 0 Å². The maximum atomic E-state index is 13.3. The monoisotopic (exact) mass is 518 g/mol. The van der Waals surface area contributed by atoms with Crippen molar-refractivity contribution in [2.24, 2.45) is 0 Å². The van der Waals surface area contributed by atoms with Crippen LogP contribution in [0.4, 0.5) is 4.79 Å². The second-order valence-electron chi connectivity index (χ2n) is 8.25. The van der Waals surface area contributed by atoms with Gasteiger partial charge in [-0.3, -0.25) is 9.59 Å². The molecule has 1 aliphatic heterocycles. The summed E-state index contributed by atoms with van der Waals surface area (Å²) in [4.78, 5) is 55.3. The fourth-order valence-corrected chi connectivity index (χ4v) is 3.68. The maximum absolute atomic E-state index is 13.3. The van der Waals surface area contributed by atoms with E-state index in [4.69, 9.17) is 19.0 Å². The molecule has 1 fully saturated rings. The van der Waals surface area contributed by atoms with E-state index >= 15 is 0 Å². The third-order valence-corrected chi connectivity index (χ3v) is 5.58.